The molecule has 2 N–H and O–H groups in total. The molecule has 0 saturated carbocycles. The van der Waals surface area contributed by atoms with Gasteiger partial charge in [0.05, 0.1) is 7.85 Å². The summed E-state index contributed by atoms with van der Waals surface area (Å²) in [5.41, 5.74) is 0.516. The van der Waals surface area contributed by atoms with Crippen LogP contribution in [0.2, 0.25) is 0 Å². The van der Waals surface area contributed by atoms with Crippen molar-refractivity contribution in [1.82, 2.24) is 0 Å². The molecule has 0 fully saturated rings. The SMILES string of the molecule is [B]Cc1ccc(O)c(C(=O)OCCS(=O)(=O)O)c1. The van der Waals surface area contributed by atoms with E-state index in [0.29, 0.717) is 5.56 Å². The van der Waals surface area contributed by atoms with Gasteiger partial charge in [0.1, 0.15) is 23.7 Å². The maximum atomic E-state index is 11.5. The van der Waals surface area contributed by atoms with E-state index in [0.717, 1.165) is 0 Å². The fraction of sp³-hybridized carbons (Fsp3) is 0.300. The number of aromatic hydroxyl groups is 1. The molecule has 0 heterocycles. The summed E-state index contributed by atoms with van der Waals surface area (Å²) in [5.74, 6) is -1.87. The molecule has 0 aliphatic heterocycles. The van der Waals surface area contributed by atoms with Crippen molar-refractivity contribution in [3.05, 3.63) is 29.3 Å². The number of hydrogen-bond donors (Lipinski definition) is 2. The Morgan fingerprint density at radius 1 is 1.39 bits per heavy atom. The highest BCUT2D eigenvalue weighted by Gasteiger charge is 2.14. The number of hydrogen-bond acceptors (Lipinski definition) is 5. The maximum Gasteiger partial charge on any atom is 0.341 e. The first kappa shape index (κ1) is 14.5. The summed E-state index contributed by atoms with van der Waals surface area (Å²) in [7, 11) is 1.20. The molecule has 1 rings (SSSR count). The molecule has 0 spiro atoms. The Kier molecular flexibility index (Phi) is 4.74. The zero-order valence-corrected chi connectivity index (χ0v) is 10.2. The number of benzene rings is 1. The molecule has 0 amide bonds. The third-order valence-corrected chi connectivity index (χ3v) is 2.77. The van der Waals surface area contributed by atoms with Crippen molar-refractivity contribution in [1.29, 1.82) is 0 Å². The minimum absolute atomic E-state index is 0.103. The molecular weight excluding hydrogens is 259 g/mol. The minimum atomic E-state index is -4.18. The van der Waals surface area contributed by atoms with Gasteiger partial charge in [-0.1, -0.05) is 17.9 Å². The minimum Gasteiger partial charge on any atom is -0.507 e. The summed E-state index contributed by atoms with van der Waals surface area (Å²) in [6.07, 6.45) is 0.186. The lowest BCUT2D eigenvalue weighted by molar-refractivity contribution is 0.0525. The highest BCUT2D eigenvalue weighted by Crippen LogP contribution is 2.19. The lowest BCUT2D eigenvalue weighted by Gasteiger charge is -2.07. The molecule has 1 aromatic carbocycles. The first-order valence-corrected chi connectivity index (χ1v) is 6.58. The average Bonchev–Trinajstić information content (AvgIpc) is 2.27. The molecule has 96 valence electrons. The van der Waals surface area contributed by atoms with Crippen LogP contribution < -0.4 is 0 Å². The molecule has 0 bridgehead atoms. The van der Waals surface area contributed by atoms with Crippen LogP contribution in [0.5, 0.6) is 5.75 Å². The fourth-order valence-corrected chi connectivity index (χ4v) is 1.49. The average molecular weight is 270 g/mol. The Bertz CT molecular complexity index is 539. The van der Waals surface area contributed by atoms with E-state index >= 15 is 0 Å². The second-order valence-electron chi connectivity index (χ2n) is 3.48. The van der Waals surface area contributed by atoms with Crippen LogP contribution in [0.1, 0.15) is 15.9 Å². The Labute approximate surface area is 106 Å². The van der Waals surface area contributed by atoms with Gasteiger partial charge < -0.3 is 9.84 Å². The molecule has 6 nitrogen and oxygen atoms in total. The number of phenols is 1. The van der Waals surface area contributed by atoms with E-state index in [2.05, 4.69) is 4.74 Å². The first-order chi connectivity index (χ1) is 8.33. The van der Waals surface area contributed by atoms with Gasteiger partial charge in [-0.15, -0.1) is 0 Å². The summed E-state index contributed by atoms with van der Waals surface area (Å²) in [6.45, 7) is -0.496. The summed E-state index contributed by atoms with van der Waals surface area (Å²) < 4.78 is 33.9. The van der Waals surface area contributed by atoms with E-state index in [-0.39, 0.29) is 17.6 Å². The predicted octanol–water partition coefficient (Wildman–Crippen LogP) is 0.105. The Balaban J connectivity index is 2.72. The lowest BCUT2D eigenvalue weighted by atomic mass is 9.95. The number of rotatable bonds is 5. The van der Waals surface area contributed by atoms with Gasteiger partial charge in [-0.25, -0.2) is 4.79 Å². The van der Waals surface area contributed by atoms with Gasteiger partial charge in [0.15, 0.2) is 0 Å². The molecule has 0 unspecified atom stereocenters. The van der Waals surface area contributed by atoms with Gasteiger partial charge in [0, 0.05) is 0 Å². The van der Waals surface area contributed by atoms with Gasteiger partial charge in [-0.2, -0.15) is 8.42 Å². The van der Waals surface area contributed by atoms with E-state index in [4.69, 9.17) is 12.4 Å². The molecule has 1 aromatic rings. The van der Waals surface area contributed by atoms with E-state index in [9.17, 15) is 18.3 Å². The highest BCUT2D eigenvalue weighted by molar-refractivity contribution is 7.85. The van der Waals surface area contributed by atoms with Crippen LogP contribution >= 0.6 is 0 Å². The van der Waals surface area contributed by atoms with E-state index in [1.165, 1.54) is 12.1 Å². The number of carbonyl (C=O) groups excluding carboxylic acids is 1. The molecule has 0 aliphatic carbocycles. The van der Waals surface area contributed by atoms with Crippen LogP contribution in [0.4, 0.5) is 0 Å². The highest BCUT2D eigenvalue weighted by atomic mass is 32.2. The number of carbonyl (C=O) groups is 1. The third kappa shape index (κ3) is 4.38. The predicted molar refractivity (Wildman–Crippen MR) is 64.3 cm³/mol. The van der Waals surface area contributed by atoms with Crippen molar-refractivity contribution in [3.63, 3.8) is 0 Å². The molecule has 0 atom stereocenters. The molecular formula is C10H11BO6S. The monoisotopic (exact) mass is 270 g/mol. The standard InChI is InChI=1S/C10H11BO6S/c11-6-7-1-2-9(12)8(5-7)10(13)17-3-4-18(14,15)16/h1-2,5,12H,3-4,6H2,(H,14,15,16). The lowest BCUT2D eigenvalue weighted by Crippen LogP contribution is -2.15. The van der Waals surface area contributed by atoms with Gasteiger partial charge in [0.25, 0.3) is 10.1 Å². The van der Waals surface area contributed by atoms with E-state index < -0.39 is 28.4 Å². The van der Waals surface area contributed by atoms with Crippen LogP contribution in [0, 0.1) is 0 Å². The largest absolute Gasteiger partial charge is 0.507 e. The first-order valence-electron chi connectivity index (χ1n) is 4.97. The Morgan fingerprint density at radius 3 is 2.61 bits per heavy atom. The normalized spacial score (nSPS) is 11.2. The van der Waals surface area contributed by atoms with Gasteiger partial charge in [0.2, 0.25) is 0 Å². The zero-order chi connectivity index (χ0) is 13.8. The number of phenolic OH excluding ortho intramolecular Hbond substituents is 1. The summed E-state index contributed by atoms with van der Waals surface area (Å²) in [6, 6.07) is 4.19. The number of ether oxygens (including phenoxy) is 1. The van der Waals surface area contributed by atoms with E-state index in [1.54, 1.807) is 6.07 Å². The molecule has 8 heteroatoms. The van der Waals surface area contributed by atoms with Crippen molar-refractivity contribution in [2.75, 3.05) is 12.4 Å². The maximum absolute atomic E-state index is 11.5. The summed E-state index contributed by atoms with van der Waals surface area (Å²) >= 11 is 0. The van der Waals surface area contributed by atoms with E-state index in [1.807, 2.05) is 0 Å². The molecule has 0 aromatic heterocycles. The van der Waals surface area contributed by atoms with Crippen molar-refractivity contribution >= 4 is 23.9 Å². The summed E-state index contributed by atoms with van der Waals surface area (Å²) in [4.78, 5) is 11.5. The molecule has 2 radical (unpaired) electrons. The second kappa shape index (κ2) is 5.88. The van der Waals surface area contributed by atoms with Crippen molar-refractivity contribution in [2.45, 2.75) is 6.32 Å². The van der Waals surface area contributed by atoms with Crippen LogP contribution in [0.25, 0.3) is 0 Å². The third-order valence-electron chi connectivity index (χ3n) is 2.09. The van der Waals surface area contributed by atoms with Gasteiger partial charge >= 0.3 is 5.97 Å². The van der Waals surface area contributed by atoms with Crippen LogP contribution in [0.15, 0.2) is 18.2 Å². The Morgan fingerprint density at radius 2 is 2.06 bits per heavy atom. The fourth-order valence-electron chi connectivity index (χ4n) is 1.19. The molecule has 0 aliphatic rings. The van der Waals surface area contributed by atoms with Crippen molar-refractivity contribution in [2.24, 2.45) is 0 Å². The van der Waals surface area contributed by atoms with Crippen LogP contribution in [-0.4, -0.2) is 44.3 Å². The smallest absolute Gasteiger partial charge is 0.341 e. The van der Waals surface area contributed by atoms with Crippen molar-refractivity contribution in [3.8, 4) is 5.75 Å². The van der Waals surface area contributed by atoms with Gasteiger partial charge in [-0.3, -0.25) is 4.55 Å². The molecule has 0 saturated heterocycles. The summed E-state index contributed by atoms with van der Waals surface area (Å²) in [5, 5.41) is 9.45. The van der Waals surface area contributed by atoms with Gasteiger partial charge in [-0.05, 0) is 12.1 Å². The topological polar surface area (TPSA) is 101 Å². The Hall–Kier alpha value is -1.54. The molecule has 18 heavy (non-hydrogen) atoms. The quantitative estimate of drug-likeness (QED) is 0.447. The second-order valence-corrected chi connectivity index (χ2v) is 5.05. The van der Waals surface area contributed by atoms with Crippen LogP contribution in [-0.2, 0) is 21.2 Å². The van der Waals surface area contributed by atoms with Crippen LogP contribution in [0.3, 0.4) is 0 Å². The van der Waals surface area contributed by atoms with Crippen molar-refractivity contribution < 1.29 is 27.6 Å². The zero-order valence-electron chi connectivity index (χ0n) is 9.37. The number of esters is 1.